The molecule has 1 aromatic carbocycles. The van der Waals surface area contributed by atoms with E-state index in [-0.39, 0.29) is 48.5 Å². The van der Waals surface area contributed by atoms with E-state index in [4.69, 9.17) is 4.74 Å². The summed E-state index contributed by atoms with van der Waals surface area (Å²) in [5.74, 6) is -0.0278. The van der Waals surface area contributed by atoms with Crippen LogP contribution in [0.25, 0.3) is 0 Å². The maximum absolute atomic E-state index is 11.5. The van der Waals surface area contributed by atoms with Gasteiger partial charge in [-0.3, -0.25) is 4.79 Å². The number of benzene rings is 1. The van der Waals surface area contributed by atoms with E-state index in [9.17, 15) is 20.1 Å². The van der Waals surface area contributed by atoms with Crippen LogP contribution in [-0.4, -0.2) is 46.7 Å². The van der Waals surface area contributed by atoms with E-state index < -0.39 is 11.5 Å². The van der Waals surface area contributed by atoms with Crippen molar-refractivity contribution in [2.24, 2.45) is 23.2 Å². The van der Waals surface area contributed by atoms with Crippen LogP contribution >= 0.6 is 0 Å². The molecular formula is C27H38O5. The Morgan fingerprint density at radius 1 is 1.12 bits per heavy atom. The molecule has 176 valence electrons. The summed E-state index contributed by atoms with van der Waals surface area (Å²) in [6.45, 7) is 5.94. The molecule has 0 heterocycles. The fraction of sp³-hybridized carbons (Fsp3) is 0.667. The number of rotatable bonds is 5. The van der Waals surface area contributed by atoms with Gasteiger partial charge in [-0.25, -0.2) is 0 Å². The molecule has 7 atom stereocenters. The number of carbonyl (C=O) groups excluding carboxylic acids is 1. The molecule has 4 rings (SSSR count). The normalized spacial score (nSPS) is 39.6. The Morgan fingerprint density at radius 3 is 2.47 bits per heavy atom. The molecule has 0 spiro atoms. The van der Waals surface area contributed by atoms with Gasteiger partial charge in [-0.1, -0.05) is 48.4 Å². The summed E-state index contributed by atoms with van der Waals surface area (Å²) in [6.07, 6.45) is 4.11. The molecule has 5 nitrogen and oxygen atoms in total. The van der Waals surface area contributed by atoms with E-state index in [2.05, 4.69) is 26.0 Å². The van der Waals surface area contributed by atoms with Crippen LogP contribution in [0.15, 0.2) is 41.5 Å². The number of esters is 1. The zero-order valence-electron chi connectivity index (χ0n) is 19.6. The van der Waals surface area contributed by atoms with Gasteiger partial charge in [0, 0.05) is 31.5 Å². The highest BCUT2D eigenvalue weighted by Crippen LogP contribution is 2.59. The molecule has 0 radical (unpaired) electrons. The Morgan fingerprint density at radius 2 is 1.84 bits per heavy atom. The molecule has 5 heteroatoms. The first-order valence-corrected chi connectivity index (χ1v) is 12.1. The van der Waals surface area contributed by atoms with Crippen LogP contribution < -0.4 is 0 Å². The summed E-state index contributed by atoms with van der Waals surface area (Å²) >= 11 is 0. The molecule has 0 amide bonds. The van der Waals surface area contributed by atoms with Crippen LogP contribution in [-0.2, 0) is 14.9 Å². The topological polar surface area (TPSA) is 87.0 Å². The molecule has 32 heavy (non-hydrogen) atoms. The summed E-state index contributed by atoms with van der Waals surface area (Å²) in [4.78, 5) is 11.5. The lowest BCUT2D eigenvalue weighted by molar-refractivity contribution is -0.153. The van der Waals surface area contributed by atoms with E-state index in [1.165, 1.54) is 18.1 Å². The molecule has 0 aliphatic heterocycles. The maximum Gasteiger partial charge on any atom is 0.302 e. The monoisotopic (exact) mass is 442 g/mol. The minimum atomic E-state index is -0.496. The van der Waals surface area contributed by atoms with Gasteiger partial charge in [0.2, 0.25) is 0 Å². The van der Waals surface area contributed by atoms with E-state index in [1.807, 2.05) is 18.2 Å². The summed E-state index contributed by atoms with van der Waals surface area (Å²) in [5, 5.41) is 32.0. The van der Waals surface area contributed by atoms with Crippen LogP contribution in [0.2, 0.25) is 0 Å². The Balaban J connectivity index is 1.65. The average Bonchev–Trinajstić information content (AvgIpc) is 3.05. The number of hydrogen-bond acceptors (Lipinski definition) is 5. The first-order valence-electron chi connectivity index (χ1n) is 12.1. The molecule has 1 saturated carbocycles. The van der Waals surface area contributed by atoms with Crippen LogP contribution in [0.4, 0.5) is 0 Å². The Bertz CT molecular complexity index is 864. The van der Waals surface area contributed by atoms with E-state index in [1.54, 1.807) is 0 Å². The molecule has 3 N–H and O–H groups in total. The number of aliphatic hydroxyl groups excluding tert-OH is 3. The highest BCUT2D eigenvalue weighted by Gasteiger charge is 2.54. The summed E-state index contributed by atoms with van der Waals surface area (Å²) in [6, 6.07) is 10.2. The van der Waals surface area contributed by atoms with Crippen LogP contribution in [0, 0.1) is 23.2 Å². The van der Waals surface area contributed by atoms with Crippen molar-refractivity contribution in [3.63, 3.8) is 0 Å². The standard InChI is InChI=1S/C27H38O5/c1-17(30)32-20-11-12-26(2,19(13-20)15-28)23-9-10-24-21(22(23)16-29)14-25(31)27(24,3)18-7-5-4-6-8-18/h4-8,19-20,22-23,25,28-29,31H,9-16H2,1-3H3. The fourth-order valence-corrected chi connectivity index (χ4v) is 7.28. The molecule has 3 aliphatic carbocycles. The van der Waals surface area contributed by atoms with Crippen LogP contribution in [0.3, 0.4) is 0 Å². The van der Waals surface area contributed by atoms with Crippen molar-refractivity contribution < 1.29 is 24.9 Å². The Labute approximate surface area is 191 Å². The van der Waals surface area contributed by atoms with Gasteiger partial charge >= 0.3 is 5.97 Å². The largest absolute Gasteiger partial charge is 0.463 e. The minimum absolute atomic E-state index is 0.0109. The van der Waals surface area contributed by atoms with Gasteiger partial charge in [0.1, 0.15) is 6.10 Å². The molecular weight excluding hydrogens is 404 g/mol. The number of carbonyl (C=O) groups is 1. The van der Waals surface area contributed by atoms with Crippen molar-refractivity contribution in [2.75, 3.05) is 13.2 Å². The van der Waals surface area contributed by atoms with E-state index in [0.29, 0.717) is 12.8 Å². The van der Waals surface area contributed by atoms with Gasteiger partial charge in [0.25, 0.3) is 0 Å². The van der Waals surface area contributed by atoms with Crippen molar-refractivity contribution in [3.8, 4) is 0 Å². The smallest absolute Gasteiger partial charge is 0.302 e. The second kappa shape index (κ2) is 8.92. The zero-order valence-corrected chi connectivity index (χ0v) is 19.6. The predicted molar refractivity (Wildman–Crippen MR) is 123 cm³/mol. The van der Waals surface area contributed by atoms with Gasteiger partial charge in [-0.15, -0.1) is 0 Å². The quantitative estimate of drug-likeness (QED) is 0.478. The molecule has 1 fully saturated rings. The number of aliphatic hydroxyl groups is 3. The SMILES string of the molecule is CC(=O)OC1CCC(C)(C2CCC3=C(CC(O)C3(C)c3ccccc3)C2CO)C(CO)C1. The van der Waals surface area contributed by atoms with Crippen molar-refractivity contribution in [3.05, 3.63) is 47.0 Å². The van der Waals surface area contributed by atoms with Crippen LogP contribution in [0.5, 0.6) is 0 Å². The summed E-state index contributed by atoms with van der Waals surface area (Å²) < 4.78 is 5.47. The van der Waals surface area contributed by atoms with Crippen molar-refractivity contribution >= 4 is 5.97 Å². The number of ether oxygens (including phenoxy) is 1. The minimum Gasteiger partial charge on any atom is -0.463 e. The van der Waals surface area contributed by atoms with Crippen molar-refractivity contribution in [1.29, 1.82) is 0 Å². The van der Waals surface area contributed by atoms with Crippen molar-refractivity contribution in [1.82, 2.24) is 0 Å². The Hall–Kier alpha value is -1.69. The Kier molecular flexibility index (Phi) is 6.54. The third-order valence-corrected chi connectivity index (χ3v) is 9.19. The van der Waals surface area contributed by atoms with E-state index in [0.717, 1.165) is 31.2 Å². The van der Waals surface area contributed by atoms with Gasteiger partial charge in [0.05, 0.1) is 6.10 Å². The molecule has 0 aromatic heterocycles. The zero-order chi connectivity index (χ0) is 23.1. The summed E-state index contributed by atoms with van der Waals surface area (Å²) in [5.41, 5.74) is 3.09. The summed E-state index contributed by atoms with van der Waals surface area (Å²) in [7, 11) is 0. The third-order valence-electron chi connectivity index (χ3n) is 9.19. The highest BCUT2D eigenvalue weighted by atomic mass is 16.5. The molecule has 3 aliphatic rings. The van der Waals surface area contributed by atoms with E-state index >= 15 is 0 Å². The van der Waals surface area contributed by atoms with Gasteiger partial charge in [-0.2, -0.15) is 0 Å². The molecule has 0 saturated heterocycles. The van der Waals surface area contributed by atoms with Gasteiger partial charge in [-0.05, 0) is 68.3 Å². The lowest BCUT2D eigenvalue weighted by atomic mass is 9.53. The molecule has 1 aromatic rings. The van der Waals surface area contributed by atoms with Gasteiger partial charge < -0.3 is 20.1 Å². The van der Waals surface area contributed by atoms with Crippen molar-refractivity contribution in [2.45, 2.75) is 76.9 Å². The molecule has 0 bridgehead atoms. The first kappa shape index (κ1) is 23.5. The second-order valence-electron chi connectivity index (χ2n) is 10.6. The predicted octanol–water partition coefficient (Wildman–Crippen LogP) is 3.75. The molecule has 7 unspecified atom stereocenters. The third kappa shape index (κ3) is 3.72. The second-order valence-corrected chi connectivity index (χ2v) is 10.6. The lowest BCUT2D eigenvalue weighted by Gasteiger charge is -2.52. The maximum atomic E-state index is 11.5. The fourth-order valence-electron chi connectivity index (χ4n) is 7.28. The van der Waals surface area contributed by atoms with Crippen LogP contribution in [0.1, 0.15) is 64.9 Å². The lowest BCUT2D eigenvalue weighted by Crippen LogP contribution is -2.48. The first-order chi connectivity index (χ1) is 15.3. The van der Waals surface area contributed by atoms with Gasteiger partial charge in [0.15, 0.2) is 0 Å². The average molecular weight is 443 g/mol. The number of hydrogen-bond donors (Lipinski definition) is 3. The highest BCUT2D eigenvalue weighted by molar-refractivity contribution is 5.66.